The fourth-order valence-electron chi connectivity index (χ4n) is 0.721. The van der Waals surface area contributed by atoms with Crippen LogP contribution in [0.5, 0.6) is 0 Å². The molecule has 0 aliphatic carbocycles. The first-order valence-electron chi connectivity index (χ1n) is 2.65. The van der Waals surface area contributed by atoms with E-state index in [1.807, 2.05) is 0 Å². The largest absolute Gasteiger partial charge is 0.442 e. The highest BCUT2D eigenvalue weighted by molar-refractivity contribution is 5.66. The maximum atomic E-state index is 10.4. The average Bonchev–Trinajstić information content (AvgIpc) is 2.37. The van der Waals surface area contributed by atoms with Crippen LogP contribution in [0.1, 0.15) is 0 Å². The summed E-state index contributed by atoms with van der Waals surface area (Å²) in [7, 11) is 0. The molecule has 0 saturated carbocycles. The van der Waals surface area contributed by atoms with Crippen molar-refractivity contribution in [3.63, 3.8) is 0 Å². The summed E-state index contributed by atoms with van der Waals surface area (Å²) in [5.74, 6) is 0. The van der Waals surface area contributed by atoms with Gasteiger partial charge in [0.2, 0.25) is 0 Å². The first-order valence-corrected chi connectivity index (χ1v) is 2.65. The van der Waals surface area contributed by atoms with E-state index in [9.17, 15) is 4.79 Å². The highest BCUT2D eigenvalue weighted by atomic mass is 17.1. The monoisotopic (exact) mass is 132 g/mol. The van der Waals surface area contributed by atoms with Crippen molar-refractivity contribution in [2.75, 3.05) is 19.8 Å². The van der Waals surface area contributed by atoms with E-state index >= 15 is 0 Å². The Hall–Kier alpha value is -0.810. The third-order valence-corrected chi connectivity index (χ3v) is 1.20. The van der Waals surface area contributed by atoms with E-state index in [1.54, 1.807) is 0 Å². The lowest BCUT2D eigenvalue weighted by molar-refractivity contribution is -0.187. The number of carbonyl (C=O) groups excluding carboxylic acids is 1. The Morgan fingerprint density at radius 1 is 1.78 bits per heavy atom. The predicted molar refractivity (Wildman–Crippen MR) is 28.7 cm³/mol. The molecule has 1 heterocycles. The Bertz CT molecular complexity index is 110. The predicted octanol–water partition coefficient (Wildman–Crippen LogP) is -0.541. The Morgan fingerprint density at radius 2 is 2.56 bits per heavy atom. The molecular weight excluding hydrogens is 124 g/mol. The van der Waals surface area contributed by atoms with Gasteiger partial charge in [-0.2, -0.15) is 5.26 Å². The van der Waals surface area contributed by atoms with Crippen molar-refractivity contribution in [2.24, 2.45) is 0 Å². The van der Waals surface area contributed by atoms with Crippen LogP contribution in [0.2, 0.25) is 0 Å². The van der Waals surface area contributed by atoms with Crippen LogP contribution < -0.4 is 5.32 Å². The molecule has 2 N–H and O–H groups in total. The molecule has 1 fully saturated rings. The van der Waals surface area contributed by atoms with Crippen LogP contribution in [0, 0.1) is 0 Å². The number of amides is 1. The van der Waals surface area contributed by atoms with Gasteiger partial charge in [0.25, 0.3) is 0 Å². The third kappa shape index (κ3) is 1.30. The lowest BCUT2D eigenvalue weighted by Crippen LogP contribution is -2.29. The fourth-order valence-corrected chi connectivity index (χ4v) is 0.721. The molecule has 1 saturated heterocycles. The summed E-state index contributed by atoms with van der Waals surface area (Å²) < 4.78 is 0. The minimum absolute atomic E-state index is 0.458. The van der Waals surface area contributed by atoms with Crippen molar-refractivity contribution >= 4 is 6.09 Å². The Balaban J connectivity index is 2.32. The molecule has 9 heavy (non-hydrogen) atoms. The van der Waals surface area contributed by atoms with Gasteiger partial charge in [-0.1, -0.05) is 0 Å². The summed E-state index contributed by atoms with van der Waals surface area (Å²) in [6, 6.07) is 0. The second kappa shape index (κ2) is 2.65. The quantitative estimate of drug-likeness (QED) is 0.343. The van der Waals surface area contributed by atoms with Gasteiger partial charge in [0, 0.05) is 13.1 Å². The zero-order valence-electron chi connectivity index (χ0n) is 4.83. The van der Waals surface area contributed by atoms with Crippen LogP contribution in [-0.4, -0.2) is 36.0 Å². The van der Waals surface area contributed by atoms with Gasteiger partial charge >= 0.3 is 6.09 Å². The van der Waals surface area contributed by atoms with E-state index in [-0.39, 0.29) is 0 Å². The lowest BCUT2D eigenvalue weighted by Gasteiger charge is -2.08. The maximum absolute atomic E-state index is 10.4. The van der Waals surface area contributed by atoms with Gasteiger partial charge in [0.1, 0.15) is 0 Å². The van der Waals surface area contributed by atoms with Crippen LogP contribution in [0.4, 0.5) is 4.79 Å². The molecule has 0 bridgehead atoms. The van der Waals surface area contributed by atoms with Crippen molar-refractivity contribution in [1.29, 1.82) is 0 Å². The highest BCUT2D eigenvalue weighted by Gasteiger charge is 2.17. The second-order valence-corrected chi connectivity index (χ2v) is 1.78. The molecule has 0 aromatic rings. The molecule has 0 atom stereocenters. The molecule has 0 aromatic heterocycles. The van der Waals surface area contributed by atoms with Crippen LogP contribution in [0.15, 0.2) is 0 Å². The molecule has 5 nitrogen and oxygen atoms in total. The smallest absolute Gasteiger partial charge is 0.298 e. The molecule has 1 rings (SSSR count). The van der Waals surface area contributed by atoms with Gasteiger partial charge in [0.15, 0.2) is 0 Å². The molecule has 0 spiro atoms. The van der Waals surface area contributed by atoms with Crippen LogP contribution in [-0.2, 0) is 4.89 Å². The van der Waals surface area contributed by atoms with Gasteiger partial charge in [-0.05, 0) is 0 Å². The summed E-state index contributed by atoms with van der Waals surface area (Å²) in [6.07, 6.45) is -0.694. The molecule has 0 radical (unpaired) electrons. The molecule has 1 aliphatic heterocycles. The van der Waals surface area contributed by atoms with E-state index in [2.05, 4.69) is 10.2 Å². The van der Waals surface area contributed by atoms with Crippen molar-refractivity contribution < 1.29 is 14.9 Å². The summed E-state index contributed by atoms with van der Waals surface area (Å²) in [5, 5.41) is 10.8. The summed E-state index contributed by atoms with van der Waals surface area (Å²) in [6.45, 7) is 1.81. The van der Waals surface area contributed by atoms with Crippen LogP contribution in [0.25, 0.3) is 0 Å². The number of nitrogens with zero attached hydrogens (tertiary/aromatic N) is 1. The van der Waals surface area contributed by atoms with E-state index in [4.69, 9.17) is 5.26 Å². The van der Waals surface area contributed by atoms with Crippen molar-refractivity contribution in [1.82, 2.24) is 10.2 Å². The van der Waals surface area contributed by atoms with Gasteiger partial charge in [-0.25, -0.2) is 4.79 Å². The minimum atomic E-state index is -0.694. The zero-order valence-corrected chi connectivity index (χ0v) is 4.83. The molecule has 52 valence electrons. The SMILES string of the molecule is O=C(OO)N1CCNC1. The van der Waals surface area contributed by atoms with Crippen LogP contribution in [0.3, 0.4) is 0 Å². The summed E-state index contributed by atoms with van der Waals surface area (Å²) in [5.41, 5.74) is 0. The molecule has 1 amide bonds. The maximum Gasteiger partial charge on any atom is 0.442 e. The van der Waals surface area contributed by atoms with Crippen molar-refractivity contribution in [3.8, 4) is 0 Å². The summed E-state index contributed by atoms with van der Waals surface area (Å²) in [4.78, 5) is 15.3. The van der Waals surface area contributed by atoms with Crippen molar-refractivity contribution in [3.05, 3.63) is 0 Å². The van der Waals surface area contributed by atoms with Crippen LogP contribution >= 0.6 is 0 Å². The van der Waals surface area contributed by atoms with Gasteiger partial charge < -0.3 is 0 Å². The molecule has 0 unspecified atom stereocenters. The fraction of sp³-hybridized carbons (Fsp3) is 0.750. The molecule has 0 aromatic carbocycles. The van der Waals surface area contributed by atoms with Crippen molar-refractivity contribution in [2.45, 2.75) is 0 Å². The van der Waals surface area contributed by atoms with E-state index < -0.39 is 6.09 Å². The average molecular weight is 132 g/mol. The van der Waals surface area contributed by atoms with Gasteiger partial charge in [-0.15, -0.1) is 0 Å². The molecular formula is C4H8N2O3. The Morgan fingerprint density at radius 3 is 3.00 bits per heavy atom. The number of nitrogens with one attached hydrogen (secondary N) is 1. The number of hydrogen-bond acceptors (Lipinski definition) is 4. The zero-order chi connectivity index (χ0) is 6.69. The van der Waals surface area contributed by atoms with E-state index in [0.29, 0.717) is 13.2 Å². The topological polar surface area (TPSA) is 61.8 Å². The molecule has 1 aliphatic rings. The van der Waals surface area contributed by atoms with E-state index in [0.717, 1.165) is 6.54 Å². The van der Waals surface area contributed by atoms with Gasteiger partial charge in [0.05, 0.1) is 6.67 Å². The standard InChI is InChI=1S/C4H8N2O3/c7-4(9-8)6-2-1-5-3-6/h5,8H,1-3H2. The minimum Gasteiger partial charge on any atom is -0.298 e. The number of hydrogen-bond donors (Lipinski definition) is 2. The Labute approximate surface area is 52.1 Å². The van der Waals surface area contributed by atoms with Gasteiger partial charge in [-0.3, -0.25) is 15.1 Å². The first-order chi connectivity index (χ1) is 4.34. The Kier molecular flexibility index (Phi) is 1.86. The highest BCUT2D eigenvalue weighted by Crippen LogP contribution is 1.94. The molecule has 5 heteroatoms. The van der Waals surface area contributed by atoms with E-state index in [1.165, 1.54) is 4.90 Å². The normalized spacial score (nSPS) is 18.1. The summed E-state index contributed by atoms with van der Waals surface area (Å²) >= 11 is 0. The lowest BCUT2D eigenvalue weighted by atomic mass is 10.6. The second-order valence-electron chi connectivity index (χ2n) is 1.78. The number of rotatable bonds is 0. The first kappa shape index (κ1) is 6.31. The third-order valence-electron chi connectivity index (χ3n) is 1.20. The number of carbonyl (C=O) groups is 1.